The molecule has 0 radical (unpaired) electrons. The number of benzene rings is 6. The average Bonchev–Trinajstić information content (AvgIpc) is 4.09. The third kappa shape index (κ3) is 14.2. The highest BCUT2D eigenvalue weighted by Crippen LogP contribution is 2.42. The zero-order valence-electron chi connectivity index (χ0n) is 44.6. The minimum Gasteiger partial charge on any atom is -0.494 e. The molecule has 17 heteroatoms. The van der Waals surface area contributed by atoms with E-state index in [0.29, 0.717) is 55.8 Å². The summed E-state index contributed by atoms with van der Waals surface area (Å²) in [6, 6.07) is 36.2. The van der Waals surface area contributed by atoms with Gasteiger partial charge in [-0.3, -0.25) is 4.79 Å². The second-order valence-corrected chi connectivity index (χ2v) is 23.3. The highest BCUT2D eigenvalue weighted by molar-refractivity contribution is 9.11. The highest BCUT2D eigenvalue weighted by atomic mass is 79.9. The molecule has 0 fully saturated rings. The molecule has 0 spiro atoms. The van der Waals surface area contributed by atoms with E-state index in [9.17, 15) is 13.2 Å². The van der Waals surface area contributed by atoms with E-state index in [1.165, 1.54) is 17.4 Å². The number of fused-ring (bicyclic) bond motifs is 2. The number of halogens is 2. The van der Waals surface area contributed by atoms with Crippen molar-refractivity contribution < 1.29 is 32.2 Å². The maximum atomic E-state index is 11.8. The number of nitrogens with two attached hydrogens (primary N) is 1. The van der Waals surface area contributed by atoms with Gasteiger partial charge in [0.15, 0.2) is 0 Å². The van der Waals surface area contributed by atoms with E-state index in [1.807, 2.05) is 60.7 Å². The number of carbonyl (C=O) groups is 1. The Hall–Kier alpha value is -6.24. The first kappa shape index (κ1) is 57.5. The lowest BCUT2D eigenvalue weighted by Crippen LogP contribution is -2.18. The van der Waals surface area contributed by atoms with Gasteiger partial charge in [-0.15, -0.1) is 0 Å². The van der Waals surface area contributed by atoms with E-state index >= 15 is 0 Å². The third-order valence-electron chi connectivity index (χ3n) is 13.3. The van der Waals surface area contributed by atoms with Gasteiger partial charge in [-0.25, -0.2) is 18.4 Å². The number of aromatic nitrogens is 4. The number of primary amides is 1. The molecule has 8 aromatic rings. The molecule has 6 N–H and O–H groups in total. The normalized spacial score (nSPS) is 12.4. The molecule has 2 aromatic heterocycles. The van der Waals surface area contributed by atoms with Crippen LogP contribution in [0.4, 0.5) is 11.4 Å². The molecule has 0 bridgehead atoms. The summed E-state index contributed by atoms with van der Waals surface area (Å²) >= 11 is 7.68. The molecule has 8 rings (SSSR count). The van der Waals surface area contributed by atoms with Gasteiger partial charge >= 0.3 is 0 Å². The molecule has 2 heterocycles. The largest absolute Gasteiger partial charge is 0.494 e. The number of aryl methyl sites for hydroxylation is 1. The molecular weight excluding hydrogens is 1110 g/mol. The number of ether oxygens (including phenoxy) is 4. The second kappa shape index (κ2) is 26.2. The van der Waals surface area contributed by atoms with Gasteiger partial charge in [0.25, 0.3) is 0 Å². The summed E-state index contributed by atoms with van der Waals surface area (Å²) in [4.78, 5) is 28.5. The molecular formula is C59H69Br2N7O7S. The molecule has 1 amide bonds. The molecule has 14 nitrogen and oxygen atoms in total. The van der Waals surface area contributed by atoms with Crippen LogP contribution in [0.1, 0.15) is 97.8 Å². The summed E-state index contributed by atoms with van der Waals surface area (Å²) in [6.07, 6.45) is 3.21. The first-order chi connectivity index (χ1) is 36.4. The number of sulfone groups is 1. The van der Waals surface area contributed by atoms with Crippen LogP contribution in [-0.2, 0) is 36.9 Å². The number of aromatic amines is 2. The number of hydrogen-bond acceptors (Lipinski definition) is 11. The van der Waals surface area contributed by atoms with E-state index in [4.69, 9.17) is 34.6 Å². The Kier molecular flexibility index (Phi) is 19.8. The molecule has 0 aliphatic rings. The number of imidazole rings is 2. The molecule has 76 heavy (non-hydrogen) atoms. The fraction of sp³-hybridized carbons (Fsp3) is 0.339. The number of hydrogen-bond donors (Lipinski definition) is 5. The van der Waals surface area contributed by atoms with Gasteiger partial charge in [0, 0.05) is 56.2 Å². The first-order valence-electron chi connectivity index (χ1n) is 25.3. The number of anilines is 2. The molecule has 0 aliphatic carbocycles. The molecule has 2 unspecified atom stereocenters. The van der Waals surface area contributed by atoms with Crippen LogP contribution in [0.25, 0.3) is 44.8 Å². The predicted molar refractivity (Wildman–Crippen MR) is 315 cm³/mol. The van der Waals surface area contributed by atoms with Crippen molar-refractivity contribution >= 4 is 81.0 Å². The second-order valence-electron chi connectivity index (χ2n) is 19.4. The summed E-state index contributed by atoms with van der Waals surface area (Å²) in [7, 11) is 3.59. The lowest BCUT2D eigenvalue weighted by atomic mass is 10.0. The lowest BCUT2D eigenvalue weighted by Gasteiger charge is -2.24. The van der Waals surface area contributed by atoms with Crippen molar-refractivity contribution in [2.24, 2.45) is 5.73 Å². The number of nitrogens with one attached hydrogen (secondary N) is 4. The van der Waals surface area contributed by atoms with Crippen molar-refractivity contribution in [3.8, 4) is 34.3 Å². The van der Waals surface area contributed by atoms with E-state index in [2.05, 4.69) is 129 Å². The topological polar surface area (TPSA) is 196 Å². The monoisotopic (exact) mass is 1180 g/mol. The summed E-state index contributed by atoms with van der Waals surface area (Å²) in [5.74, 6) is 3.56. The van der Waals surface area contributed by atoms with Crippen LogP contribution < -0.4 is 25.8 Å². The zero-order chi connectivity index (χ0) is 54.7. The van der Waals surface area contributed by atoms with Crippen LogP contribution in [0.15, 0.2) is 118 Å². The quantitative estimate of drug-likeness (QED) is 0.0409. The maximum Gasteiger partial charge on any atom is 0.221 e. The molecule has 0 aliphatic heterocycles. The van der Waals surface area contributed by atoms with Gasteiger partial charge in [0.05, 0.1) is 47.4 Å². The SMILES string of the molecule is COCCC(Nc1ccccc1CC(N)=O)c1cc(OC)c2[nH]c(-c3ccc(C(C)C)cc3)nc2c1Br.COCCC(Nc1ccccc1CCS(C)(=O)=O)c1cc(OC)c2[nH]c(-c3ccc(C(C)C)cc3)nc2c1Br. The zero-order valence-corrected chi connectivity index (χ0v) is 48.6. The smallest absolute Gasteiger partial charge is 0.221 e. The average molecular weight is 1180 g/mol. The van der Waals surface area contributed by atoms with Crippen LogP contribution in [0.2, 0.25) is 0 Å². The minimum atomic E-state index is -3.08. The Bertz CT molecular complexity index is 3360. The van der Waals surface area contributed by atoms with Gasteiger partial charge in [-0.05, 0) is 121 Å². The number of nitrogens with zero attached hydrogens (tertiary/aromatic N) is 2. The Morgan fingerprint density at radius 1 is 0.632 bits per heavy atom. The van der Waals surface area contributed by atoms with Crippen LogP contribution in [0.3, 0.4) is 0 Å². The number of carbonyl (C=O) groups excluding carboxylic acids is 1. The van der Waals surface area contributed by atoms with Crippen molar-refractivity contribution in [2.45, 2.75) is 77.3 Å². The molecule has 2 atom stereocenters. The van der Waals surface area contributed by atoms with E-state index < -0.39 is 9.84 Å². The van der Waals surface area contributed by atoms with Crippen molar-refractivity contribution in [3.63, 3.8) is 0 Å². The third-order valence-corrected chi connectivity index (χ3v) is 15.9. The molecule has 402 valence electrons. The Morgan fingerprint density at radius 3 is 1.42 bits per heavy atom. The summed E-state index contributed by atoms with van der Waals surface area (Å²) < 4.78 is 47.8. The summed E-state index contributed by atoms with van der Waals surface area (Å²) in [6.45, 7) is 9.79. The van der Waals surface area contributed by atoms with Crippen molar-refractivity contribution in [1.82, 2.24) is 19.9 Å². The number of para-hydroxylation sites is 2. The standard InChI is InChI=1S/C30H36BrN3O4S.C29H33BrN4O3/c1-19(2)20-10-12-22(13-11-20)30-33-28-26(38-4)18-23(27(31)29(28)34-30)25(14-16-37-3)32-24-9-7-6-8-21(24)15-17-39(5,35)36;1-17(2)18-9-11-19(12-10-18)29-33-27-24(37-4)16-21(26(30)28(27)34-29)23(13-14-36-3)32-22-8-6-5-7-20(22)15-25(31)35/h6-13,18-19,25,32H,14-17H2,1-5H3,(H,33,34);5-12,16-17,23,32H,13-15H2,1-4H3,(H2,31,35)(H,33,34). The highest BCUT2D eigenvalue weighted by Gasteiger charge is 2.25. The van der Waals surface area contributed by atoms with E-state index in [-0.39, 0.29) is 30.2 Å². The number of amides is 1. The van der Waals surface area contributed by atoms with Gasteiger partial charge in [-0.1, -0.05) is 113 Å². The Labute approximate surface area is 463 Å². The molecule has 0 saturated heterocycles. The van der Waals surface area contributed by atoms with Crippen LogP contribution in [0, 0.1) is 0 Å². The minimum absolute atomic E-state index is 0.0894. The summed E-state index contributed by atoms with van der Waals surface area (Å²) in [5.41, 5.74) is 18.7. The number of H-pyrrole nitrogens is 2. The number of methoxy groups -OCH3 is 4. The van der Waals surface area contributed by atoms with Crippen LogP contribution in [-0.4, -0.2) is 87.9 Å². The van der Waals surface area contributed by atoms with Gasteiger partial charge in [-0.2, -0.15) is 0 Å². The fourth-order valence-electron chi connectivity index (χ4n) is 9.04. The first-order valence-corrected chi connectivity index (χ1v) is 28.9. The number of rotatable bonds is 23. The van der Waals surface area contributed by atoms with Crippen LogP contribution in [0.5, 0.6) is 11.5 Å². The Balaban J connectivity index is 0.000000221. The predicted octanol–water partition coefficient (Wildman–Crippen LogP) is 13.2. The summed E-state index contributed by atoms with van der Waals surface area (Å²) in [5, 5.41) is 7.25. The maximum absolute atomic E-state index is 11.8. The van der Waals surface area contributed by atoms with Gasteiger partial charge in [0.1, 0.15) is 55.1 Å². The van der Waals surface area contributed by atoms with E-state index in [1.54, 1.807) is 28.4 Å². The van der Waals surface area contributed by atoms with Gasteiger partial charge < -0.3 is 45.3 Å². The van der Waals surface area contributed by atoms with Crippen molar-refractivity contribution in [3.05, 3.63) is 152 Å². The van der Waals surface area contributed by atoms with Crippen molar-refractivity contribution in [1.29, 1.82) is 0 Å². The van der Waals surface area contributed by atoms with Crippen LogP contribution >= 0.6 is 31.9 Å². The van der Waals surface area contributed by atoms with E-state index in [0.717, 1.165) is 87.4 Å². The Morgan fingerprint density at radius 2 is 1.04 bits per heavy atom. The molecule has 0 saturated carbocycles. The van der Waals surface area contributed by atoms with Gasteiger partial charge in [0.2, 0.25) is 5.91 Å². The lowest BCUT2D eigenvalue weighted by molar-refractivity contribution is -0.117. The van der Waals surface area contributed by atoms with Crippen molar-refractivity contribution in [2.75, 3.05) is 64.3 Å². The fourth-order valence-corrected chi connectivity index (χ4v) is 11.0. The molecule has 6 aromatic carbocycles.